The summed E-state index contributed by atoms with van der Waals surface area (Å²) in [4.78, 5) is 22.1. The molecule has 2 aromatic heterocycles. The molecule has 0 unspecified atom stereocenters. The molecule has 2 heterocycles. The molecular formula is C26H21Cl2N3O. The number of carbonyl (C=O) groups excluding carboxylic acids is 1. The van der Waals surface area contributed by atoms with E-state index in [-0.39, 0.29) is 5.91 Å². The Labute approximate surface area is 197 Å². The quantitative estimate of drug-likeness (QED) is 0.361. The van der Waals surface area contributed by atoms with E-state index >= 15 is 0 Å². The molecule has 160 valence electrons. The summed E-state index contributed by atoms with van der Waals surface area (Å²) in [5, 5.41) is 3.90. The van der Waals surface area contributed by atoms with Gasteiger partial charge in [-0.05, 0) is 55.3 Å². The van der Waals surface area contributed by atoms with Gasteiger partial charge in [0, 0.05) is 36.3 Å². The van der Waals surface area contributed by atoms with E-state index in [2.05, 4.69) is 47.3 Å². The van der Waals surface area contributed by atoms with E-state index < -0.39 is 0 Å². The van der Waals surface area contributed by atoms with Crippen molar-refractivity contribution in [2.75, 3.05) is 0 Å². The lowest BCUT2D eigenvalue weighted by molar-refractivity contribution is 0.0951. The maximum atomic E-state index is 13.3. The number of pyridine rings is 2. The molecule has 1 amide bonds. The van der Waals surface area contributed by atoms with E-state index in [0.717, 1.165) is 33.4 Å². The highest BCUT2D eigenvalue weighted by Gasteiger charge is 2.17. The van der Waals surface area contributed by atoms with Gasteiger partial charge in [0.2, 0.25) is 0 Å². The first kappa shape index (κ1) is 22.0. The fourth-order valence-electron chi connectivity index (χ4n) is 3.60. The maximum absolute atomic E-state index is 13.3. The number of halogens is 2. The van der Waals surface area contributed by atoms with Crippen molar-refractivity contribution in [1.82, 2.24) is 15.3 Å². The summed E-state index contributed by atoms with van der Waals surface area (Å²) >= 11 is 12.1. The van der Waals surface area contributed by atoms with Gasteiger partial charge in [0.05, 0.1) is 21.3 Å². The molecule has 4 aromatic rings. The largest absolute Gasteiger partial charge is 0.348 e. The summed E-state index contributed by atoms with van der Waals surface area (Å²) in [7, 11) is 0. The van der Waals surface area contributed by atoms with Crippen molar-refractivity contribution in [2.24, 2.45) is 0 Å². The van der Waals surface area contributed by atoms with Crippen molar-refractivity contribution in [1.29, 1.82) is 0 Å². The Kier molecular flexibility index (Phi) is 6.54. The second-order valence-electron chi connectivity index (χ2n) is 7.67. The molecule has 4 rings (SSSR count). The van der Waals surface area contributed by atoms with Gasteiger partial charge < -0.3 is 5.32 Å². The minimum Gasteiger partial charge on any atom is -0.348 e. The lowest BCUT2D eigenvalue weighted by atomic mass is 9.98. The standard InChI is InChI=1S/C26H21Cl2N3O/c1-16-8-17(2)10-20(9-16)21-12-22(25(30-15-21)19-4-3-7-29-14-19)26(32)31-13-18-5-6-23(27)24(28)11-18/h3-12,14-15H,13H2,1-2H3,(H,31,32). The zero-order valence-corrected chi connectivity index (χ0v) is 19.2. The predicted molar refractivity (Wildman–Crippen MR) is 130 cm³/mol. The Morgan fingerprint density at radius 3 is 2.34 bits per heavy atom. The number of rotatable bonds is 5. The van der Waals surface area contributed by atoms with Crippen LogP contribution in [0.2, 0.25) is 10.0 Å². The number of hydrogen-bond donors (Lipinski definition) is 1. The van der Waals surface area contributed by atoms with Gasteiger partial charge in [0.1, 0.15) is 0 Å². The fourth-order valence-corrected chi connectivity index (χ4v) is 3.92. The Bertz CT molecular complexity index is 1270. The minimum atomic E-state index is -0.228. The predicted octanol–water partition coefficient (Wildman–Crippen LogP) is 6.66. The van der Waals surface area contributed by atoms with Crippen LogP contribution in [0.3, 0.4) is 0 Å². The van der Waals surface area contributed by atoms with Crippen LogP contribution in [0.15, 0.2) is 73.2 Å². The molecule has 2 aromatic carbocycles. The van der Waals surface area contributed by atoms with Crippen LogP contribution in [0.1, 0.15) is 27.0 Å². The summed E-state index contributed by atoms with van der Waals surface area (Å²) in [6.45, 7) is 4.42. The third-order valence-electron chi connectivity index (χ3n) is 5.06. The molecule has 0 saturated carbocycles. The van der Waals surface area contributed by atoms with Crippen LogP contribution in [0.4, 0.5) is 0 Å². The first-order valence-electron chi connectivity index (χ1n) is 10.1. The SMILES string of the molecule is Cc1cc(C)cc(-c2cnc(-c3cccnc3)c(C(=O)NCc3ccc(Cl)c(Cl)c3)c2)c1. The van der Waals surface area contributed by atoms with Crippen LogP contribution in [0.25, 0.3) is 22.4 Å². The molecule has 0 saturated heterocycles. The Hall–Kier alpha value is -3.21. The molecule has 1 N–H and O–H groups in total. The van der Waals surface area contributed by atoms with Crippen molar-refractivity contribution in [3.63, 3.8) is 0 Å². The average Bonchev–Trinajstić information content (AvgIpc) is 2.79. The van der Waals surface area contributed by atoms with Crippen molar-refractivity contribution in [2.45, 2.75) is 20.4 Å². The minimum absolute atomic E-state index is 0.228. The fraction of sp³-hybridized carbons (Fsp3) is 0.115. The highest BCUT2D eigenvalue weighted by Crippen LogP contribution is 2.28. The molecule has 0 atom stereocenters. The second kappa shape index (κ2) is 9.51. The zero-order valence-electron chi connectivity index (χ0n) is 17.7. The number of carbonyl (C=O) groups is 1. The molecule has 4 nitrogen and oxygen atoms in total. The number of benzene rings is 2. The lowest BCUT2D eigenvalue weighted by Gasteiger charge is -2.13. The number of nitrogens with one attached hydrogen (secondary N) is 1. The van der Waals surface area contributed by atoms with E-state index in [4.69, 9.17) is 23.2 Å². The van der Waals surface area contributed by atoms with Gasteiger partial charge in [-0.25, -0.2) is 0 Å². The number of amides is 1. The van der Waals surface area contributed by atoms with Crippen molar-refractivity contribution < 1.29 is 4.79 Å². The third-order valence-corrected chi connectivity index (χ3v) is 5.80. The highest BCUT2D eigenvalue weighted by molar-refractivity contribution is 6.42. The molecule has 6 heteroatoms. The second-order valence-corrected chi connectivity index (χ2v) is 8.48. The number of nitrogens with zero attached hydrogens (tertiary/aromatic N) is 2. The van der Waals surface area contributed by atoms with E-state index in [0.29, 0.717) is 27.8 Å². The van der Waals surface area contributed by atoms with Crippen molar-refractivity contribution in [3.05, 3.63) is 105 Å². The Morgan fingerprint density at radius 2 is 1.66 bits per heavy atom. The summed E-state index contributed by atoms with van der Waals surface area (Å²) in [6.07, 6.45) is 5.19. The summed E-state index contributed by atoms with van der Waals surface area (Å²) in [5.74, 6) is -0.228. The topological polar surface area (TPSA) is 54.9 Å². The first-order valence-corrected chi connectivity index (χ1v) is 10.9. The van der Waals surface area contributed by atoms with E-state index in [1.807, 2.05) is 24.3 Å². The van der Waals surface area contributed by atoms with Crippen LogP contribution in [0.5, 0.6) is 0 Å². The maximum Gasteiger partial charge on any atom is 0.253 e. The van der Waals surface area contributed by atoms with Gasteiger partial charge in [0.15, 0.2) is 0 Å². The highest BCUT2D eigenvalue weighted by atomic mass is 35.5. The molecule has 0 fully saturated rings. The van der Waals surface area contributed by atoms with E-state index in [9.17, 15) is 4.79 Å². The molecule has 0 aliphatic carbocycles. The molecular weight excluding hydrogens is 441 g/mol. The van der Waals surface area contributed by atoms with Gasteiger partial charge in [0.25, 0.3) is 5.91 Å². The first-order chi connectivity index (χ1) is 15.4. The number of aryl methyl sites for hydroxylation is 2. The average molecular weight is 462 g/mol. The zero-order chi connectivity index (χ0) is 22.7. The normalized spacial score (nSPS) is 10.8. The monoisotopic (exact) mass is 461 g/mol. The van der Waals surface area contributed by atoms with Gasteiger partial charge in [-0.2, -0.15) is 0 Å². The van der Waals surface area contributed by atoms with Crippen LogP contribution < -0.4 is 5.32 Å². The van der Waals surface area contributed by atoms with Gasteiger partial charge in [-0.1, -0.05) is 58.6 Å². The number of aromatic nitrogens is 2. The van der Waals surface area contributed by atoms with Crippen LogP contribution >= 0.6 is 23.2 Å². The molecule has 0 radical (unpaired) electrons. The third kappa shape index (κ3) is 4.98. The molecule has 0 aliphatic rings. The van der Waals surface area contributed by atoms with Gasteiger partial charge in [-0.15, -0.1) is 0 Å². The molecule has 0 bridgehead atoms. The summed E-state index contributed by atoms with van der Waals surface area (Å²) in [6, 6.07) is 17.2. The van der Waals surface area contributed by atoms with Crippen LogP contribution in [-0.2, 0) is 6.54 Å². The Morgan fingerprint density at radius 1 is 0.875 bits per heavy atom. The molecule has 0 aliphatic heterocycles. The van der Waals surface area contributed by atoms with E-state index in [1.165, 1.54) is 0 Å². The molecule has 32 heavy (non-hydrogen) atoms. The van der Waals surface area contributed by atoms with E-state index in [1.54, 1.807) is 30.7 Å². The van der Waals surface area contributed by atoms with Crippen LogP contribution in [-0.4, -0.2) is 15.9 Å². The van der Waals surface area contributed by atoms with Gasteiger partial charge >= 0.3 is 0 Å². The molecule has 0 spiro atoms. The van der Waals surface area contributed by atoms with Gasteiger partial charge in [-0.3, -0.25) is 14.8 Å². The summed E-state index contributed by atoms with van der Waals surface area (Å²) in [5.41, 5.74) is 6.90. The summed E-state index contributed by atoms with van der Waals surface area (Å²) < 4.78 is 0. The lowest BCUT2D eigenvalue weighted by Crippen LogP contribution is -2.24. The Balaban J connectivity index is 1.71. The van der Waals surface area contributed by atoms with Crippen LogP contribution in [0, 0.1) is 13.8 Å². The number of hydrogen-bond acceptors (Lipinski definition) is 3. The van der Waals surface area contributed by atoms with Crippen molar-refractivity contribution in [3.8, 4) is 22.4 Å². The smallest absolute Gasteiger partial charge is 0.253 e. The van der Waals surface area contributed by atoms with Crippen molar-refractivity contribution >= 4 is 29.1 Å².